The molecule has 3 atom stereocenters. The van der Waals surface area contributed by atoms with E-state index in [1.807, 2.05) is 30.3 Å². The molecule has 0 aliphatic heterocycles. The summed E-state index contributed by atoms with van der Waals surface area (Å²) in [5.74, 6) is -2.97. The Balaban J connectivity index is 2.70. The molecule has 0 spiro atoms. The van der Waals surface area contributed by atoms with E-state index in [1.54, 1.807) is 66.7 Å². The van der Waals surface area contributed by atoms with Crippen molar-refractivity contribution in [1.82, 2.24) is 15.5 Å². The minimum atomic E-state index is -1.44. The number of aromatic hydroxyl groups is 1. The van der Waals surface area contributed by atoms with Gasteiger partial charge in [0.15, 0.2) is 0 Å². The number of para-hydroxylation sites is 1. The van der Waals surface area contributed by atoms with Crippen LogP contribution in [-0.2, 0) is 35.1 Å². The molecule has 2 aromatic carbocycles. The van der Waals surface area contributed by atoms with Crippen molar-refractivity contribution in [3.63, 3.8) is 0 Å². The molecule has 0 aliphatic rings. The number of carbonyl (C=O) groups excluding carboxylic acids is 5. The van der Waals surface area contributed by atoms with Gasteiger partial charge in [0.25, 0.3) is 0 Å². The number of hydrogen-bond acceptors (Lipinski definition) is 8. The highest BCUT2D eigenvalue weighted by atomic mass is 16.6. The van der Waals surface area contributed by atoms with Crippen LogP contribution in [-0.4, -0.2) is 69.6 Å². The predicted octanol–water partition coefficient (Wildman–Crippen LogP) is 6.16. The number of esters is 1. The van der Waals surface area contributed by atoms with Crippen molar-refractivity contribution in [2.24, 2.45) is 5.73 Å². The first-order valence-electron chi connectivity index (χ1n) is 18.3. The molecule has 288 valence electrons. The maximum atomic E-state index is 14.7. The number of amides is 4. The predicted molar refractivity (Wildman–Crippen MR) is 200 cm³/mol. The van der Waals surface area contributed by atoms with Crippen molar-refractivity contribution in [1.29, 1.82) is 0 Å². The van der Waals surface area contributed by atoms with E-state index in [2.05, 4.69) is 17.6 Å². The third-order valence-electron chi connectivity index (χ3n) is 8.12. The Labute approximate surface area is 309 Å². The third kappa shape index (κ3) is 15.3. The molecule has 2 aromatic rings. The van der Waals surface area contributed by atoms with Gasteiger partial charge in [0.05, 0.1) is 0 Å². The Hall–Kier alpha value is -4.61. The van der Waals surface area contributed by atoms with E-state index < -0.39 is 59.1 Å². The van der Waals surface area contributed by atoms with Crippen LogP contribution in [0.25, 0.3) is 0 Å². The second kappa shape index (κ2) is 20.4. The van der Waals surface area contributed by atoms with Gasteiger partial charge in [-0.2, -0.15) is 0 Å². The van der Waals surface area contributed by atoms with Gasteiger partial charge in [-0.3, -0.25) is 14.4 Å². The molecular weight excluding hydrogens is 664 g/mol. The zero-order valence-corrected chi connectivity index (χ0v) is 32.3. The standard InChI is InChI=1S/C40H60N4O8/c1-9-10-11-12-13-17-25-44(36(48)30(23-24-32(41)45)43-38(50)52-40(6,7)8)33(29-22-18-19-27(2)34(29)46)35(47)42-31(37(49)51-39(3,4)5)26-28-20-15-14-16-21-28/h14-16,18-22,30-31,33,46H,9-13,17,23-26H2,1-8H3,(H2,41,45)(H,42,47)(H,43,50). The Kier molecular flexibility index (Phi) is 17.1. The quantitative estimate of drug-likeness (QED) is 0.0984. The molecule has 0 saturated heterocycles. The monoisotopic (exact) mass is 724 g/mol. The van der Waals surface area contributed by atoms with Crippen LogP contribution < -0.4 is 16.4 Å². The fourth-order valence-corrected chi connectivity index (χ4v) is 5.64. The van der Waals surface area contributed by atoms with Crippen LogP contribution in [0.15, 0.2) is 48.5 Å². The van der Waals surface area contributed by atoms with Gasteiger partial charge < -0.3 is 35.8 Å². The molecule has 0 aromatic heterocycles. The molecule has 12 nitrogen and oxygen atoms in total. The highest BCUT2D eigenvalue weighted by molar-refractivity contribution is 5.94. The average Bonchev–Trinajstić information content (AvgIpc) is 3.04. The molecule has 0 bridgehead atoms. The lowest BCUT2D eigenvalue weighted by atomic mass is 9.97. The fraction of sp³-hybridized carbons (Fsp3) is 0.575. The summed E-state index contributed by atoms with van der Waals surface area (Å²) in [6, 6.07) is 10.1. The second-order valence-corrected chi connectivity index (χ2v) is 15.2. The number of nitrogens with two attached hydrogens (primary N) is 1. The first kappa shape index (κ1) is 43.6. The second-order valence-electron chi connectivity index (χ2n) is 15.2. The number of phenolic OH excluding ortho intramolecular Hbond substituents is 1. The lowest BCUT2D eigenvalue weighted by molar-refractivity contribution is -0.159. The number of nitrogens with one attached hydrogen (secondary N) is 2. The highest BCUT2D eigenvalue weighted by Crippen LogP contribution is 2.33. The zero-order chi connectivity index (χ0) is 39.1. The van der Waals surface area contributed by atoms with Crippen LogP contribution in [0, 0.1) is 6.92 Å². The molecule has 12 heteroatoms. The first-order chi connectivity index (χ1) is 24.3. The summed E-state index contributed by atoms with van der Waals surface area (Å²) in [5, 5.41) is 16.8. The number of alkyl carbamates (subject to hydrolysis) is 1. The van der Waals surface area contributed by atoms with Crippen molar-refractivity contribution in [3.05, 3.63) is 65.2 Å². The summed E-state index contributed by atoms with van der Waals surface area (Å²) in [6.07, 6.45) is 4.09. The molecule has 3 unspecified atom stereocenters. The van der Waals surface area contributed by atoms with Crippen LogP contribution in [0.3, 0.4) is 0 Å². The minimum Gasteiger partial charge on any atom is -0.507 e. The molecule has 52 heavy (non-hydrogen) atoms. The largest absolute Gasteiger partial charge is 0.507 e. The topological polar surface area (TPSA) is 177 Å². The first-order valence-corrected chi connectivity index (χ1v) is 18.3. The molecular formula is C40H60N4O8. The highest BCUT2D eigenvalue weighted by Gasteiger charge is 2.39. The Morgan fingerprint density at radius 2 is 1.42 bits per heavy atom. The van der Waals surface area contributed by atoms with Crippen LogP contribution in [0.1, 0.15) is 123 Å². The molecule has 0 radical (unpaired) electrons. The van der Waals surface area contributed by atoms with Crippen LogP contribution in [0.5, 0.6) is 5.75 Å². The van der Waals surface area contributed by atoms with Gasteiger partial charge in [0.2, 0.25) is 17.7 Å². The number of nitrogens with zero attached hydrogens (tertiary/aromatic N) is 1. The van der Waals surface area contributed by atoms with E-state index in [0.717, 1.165) is 37.7 Å². The van der Waals surface area contributed by atoms with Crippen molar-refractivity contribution in [2.45, 2.75) is 143 Å². The minimum absolute atomic E-state index is 0.0648. The summed E-state index contributed by atoms with van der Waals surface area (Å²) >= 11 is 0. The number of carbonyl (C=O) groups is 5. The number of ether oxygens (including phenoxy) is 2. The maximum Gasteiger partial charge on any atom is 0.408 e. The molecule has 5 N–H and O–H groups in total. The number of benzene rings is 2. The van der Waals surface area contributed by atoms with E-state index in [-0.39, 0.29) is 37.1 Å². The Morgan fingerprint density at radius 1 is 0.808 bits per heavy atom. The van der Waals surface area contributed by atoms with Crippen LogP contribution in [0.2, 0.25) is 0 Å². The van der Waals surface area contributed by atoms with E-state index in [4.69, 9.17) is 15.2 Å². The van der Waals surface area contributed by atoms with E-state index in [9.17, 15) is 29.1 Å². The van der Waals surface area contributed by atoms with Crippen molar-refractivity contribution < 1.29 is 38.6 Å². The van der Waals surface area contributed by atoms with Gasteiger partial charge in [-0.1, -0.05) is 87.6 Å². The van der Waals surface area contributed by atoms with Crippen molar-refractivity contribution in [3.8, 4) is 5.75 Å². The summed E-state index contributed by atoms with van der Waals surface area (Å²) in [4.78, 5) is 69.2. The SMILES string of the molecule is CCCCCCCCN(C(=O)C(CCC(N)=O)NC(=O)OC(C)(C)C)C(C(=O)NC(Cc1ccccc1)C(=O)OC(C)(C)C)c1cccc(C)c1O. The van der Waals surface area contributed by atoms with Crippen LogP contribution in [0.4, 0.5) is 4.79 Å². The third-order valence-corrected chi connectivity index (χ3v) is 8.12. The van der Waals surface area contributed by atoms with Gasteiger partial charge in [0.1, 0.15) is 35.1 Å². The summed E-state index contributed by atoms with van der Waals surface area (Å²) < 4.78 is 11.1. The summed E-state index contributed by atoms with van der Waals surface area (Å²) in [7, 11) is 0. The molecule has 0 aliphatic carbocycles. The van der Waals surface area contributed by atoms with Crippen LogP contribution >= 0.6 is 0 Å². The Bertz CT molecular complexity index is 1480. The Morgan fingerprint density at radius 3 is 2.02 bits per heavy atom. The number of primary amides is 1. The van der Waals surface area contributed by atoms with E-state index in [0.29, 0.717) is 12.0 Å². The van der Waals surface area contributed by atoms with Gasteiger partial charge in [-0.15, -0.1) is 0 Å². The fourth-order valence-electron chi connectivity index (χ4n) is 5.64. The summed E-state index contributed by atoms with van der Waals surface area (Å²) in [5.41, 5.74) is 5.09. The van der Waals surface area contributed by atoms with Gasteiger partial charge in [0, 0.05) is 24.9 Å². The molecule has 0 fully saturated rings. The average molecular weight is 725 g/mol. The smallest absolute Gasteiger partial charge is 0.408 e. The number of rotatable bonds is 19. The molecule has 2 rings (SSSR count). The van der Waals surface area contributed by atoms with Gasteiger partial charge in [-0.05, 0) is 72.4 Å². The maximum absolute atomic E-state index is 14.7. The number of phenols is 1. The van der Waals surface area contributed by atoms with Crippen molar-refractivity contribution >= 4 is 29.8 Å². The van der Waals surface area contributed by atoms with E-state index >= 15 is 0 Å². The van der Waals surface area contributed by atoms with Gasteiger partial charge in [-0.25, -0.2) is 9.59 Å². The number of hydrogen-bond donors (Lipinski definition) is 4. The summed E-state index contributed by atoms with van der Waals surface area (Å²) in [6.45, 7) is 14.1. The lowest BCUT2D eigenvalue weighted by Crippen LogP contribution is -2.55. The molecule has 4 amide bonds. The van der Waals surface area contributed by atoms with Crippen molar-refractivity contribution in [2.75, 3.05) is 6.54 Å². The normalized spacial score (nSPS) is 13.3. The van der Waals surface area contributed by atoms with E-state index in [1.165, 1.54) is 4.90 Å². The molecule has 0 saturated carbocycles. The lowest BCUT2D eigenvalue weighted by Gasteiger charge is -2.36. The van der Waals surface area contributed by atoms with Gasteiger partial charge >= 0.3 is 12.1 Å². The molecule has 0 heterocycles. The number of unbranched alkanes of at least 4 members (excludes halogenated alkanes) is 5. The zero-order valence-electron chi connectivity index (χ0n) is 32.3. The number of aryl methyl sites for hydroxylation is 1.